The third-order valence-electron chi connectivity index (χ3n) is 3.44. The van der Waals surface area contributed by atoms with Crippen molar-refractivity contribution in [3.63, 3.8) is 0 Å². The minimum atomic E-state index is -0.247. The Balaban J connectivity index is 1.98. The molecule has 5 heteroatoms. The van der Waals surface area contributed by atoms with Crippen molar-refractivity contribution in [3.05, 3.63) is 66.0 Å². The Labute approximate surface area is 139 Å². The molecule has 1 aromatic heterocycles. The van der Waals surface area contributed by atoms with E-state index in [1.165, 1.54) is 17.7 Å². The largest absolute Gasteiger partial charge is 0.298 e. The number of nitrogens with zero attached hydrogens (tertiary/aromatic N) is 3. The van der Waals surface area contributed by atoms with Crippen LogP contribution < -0.4 is 0 Å². The zero-order valence-electron chi connectivity index (χ0n) is 12.9. The molecule has 3 aromatic rings. The number of thioether (sulfide) groups is 1. The van der Waals surface area contributed by atoms with Crippen LogP contribution in [0.4, 0.5) is 4.39 Å². The molecule has 1 heterocycles. The minimum Gasteiger partial charge on any atom is -0.298 e. The van der Waals surface area contributed by atoms with E-state index in [1.807, 2.05) is 18.2 Å². The monoisotopic (exact) mass is 327 g/mol. The summed E-state index contributed by atoms with van der Waals surface area (Å²) >= 11 is 1.70. The van der Waals surface area contributed by atoms with Gasteiger partial charge in [-0.2, -0.15) is 0 Å². The molecule has 23 heavy (non-hydrogen) atoms. The fourth-order valence-corrected chi connectivity index (χ4v) is 3.10. The van der Waals surface area contributed by atoms with Gasteiger partial charge in [-0.25, -0.2) is 4.39 Å². The van der Waals surface area contributed by atoms with Gasteiger partial charge in [-0.1, -0.05) is 49.0 Å². The van der Waals surface area contributed by atoms with Crippen LogP contribution in [0.5, 0.6) is 0 Å². The number of hydrogen-bond donors (Lipinski definition) is 0. The number of benzene rings is 2. The number of halogens is 1. The molecule has 0 fully saturated rings. The van der Waals surface area contributed by atoms with Crippen molar-refractivity contribution in [1.82, 2.24) is 14.8 Å². The van der Waals surface area contributed by atoms with E-state index in [4.69, 9.17) is 0 Å². The molecule has 0 unspecified atom stereocenters. The first-order chi connectivity index (χ1) is 11.3. The molecule has 0 radical (unpaired) electrons. The fraction of sp³-hybridized carbons (Fsp3) is 0.222. The maximum absolute atomic E-state index is 13.2. The quantitative estimate of drug-likeness (QED) is 0.618. The zero-order chi connectivity index (χ0) is 16.1. The van der Waals surface area contributed by atoms with Crippen LogP contribution in [0.1, 0.15) is 18.9 Å². The van der Waals surface area contributed by atoms with Crippen molar-refractivity contribution in [2.75, 3.05) is 5.75 Å². The second-order valence-corrected chi connectivity index (χ2v) is 6.30. The van der Waals surface area contributed by atoms with Gasteiger partial charge >= 0.3 is 0 Å². The molecule has 2 aromatic carbocycles. The molecule has 0 aliphatic heterocycles. The topological polar surface area (TPSA) is 30.7 Å². The third kappa shape index (κ3) is 3.79. The van der Waals surface area contributed by atoms with E-state index in [1.54, 1.807) is 23.9 Å². The highest BCUT2D eigenvalue weighted by atomic mass is 32.2. The van der Waals surface area contributed by atoms with Crippen molar-refractivity contribution in [2.24, 2.45) is 0 Å². The van der Waals surface area contributed by atoms with Crippen molar-refractivity contribution >= 4 is 11.8 Å². The first-order valence-electron chi connectivity index (χ1n) is 7.64. The van der Waals surface area contributed by atoms with Gasteiger partial charge in [0.25, 0.3) is 0 Å². The van der Waals surface area contributed by atoms with E-state index in [0.29, 0.717) is 6.54 Å². The van der Waals surface area contributed by atoms with Gasteiger partial charge < -0.3 is 0 Å². The highest BCUT2D eigenvalue weighted by Crippen LogP contribution is 2.25. The van der Waals surface area contributed by atoms with Crippen molar-refractivity contribution < 1.29 is 4.39 Å². The smallest absolute Gasteiger partial charge is 0.191 e. The lowest BCUT2D eigenvalue weighted by molar-refractivity contribution is 0.628. The van der Waals surface area contributed by atoms with E-state index in [0.717, 1.165) is 28.7 Å². The van der Waals surface area contributed by atoms with Crippen molar-refractivity contribution in [2.45, 2.75) is 25.0 Å². The lowest BCUT2D eigenvalue weighted by Crippen LogP contribution is -2.04. The average Bonchev–Trinajstić information content (AvgIpc) is 2.97. The second-order valence-electron chi connectivity index (χ2n) is 5.23. The van der Waals surface area contributed by atoms with Crippen molar-refractivity contribution in [3.8, 4) is 11.4 Å². The lowest BCUT2D eigenvalue weighted by atomic mass is 10.2. The van der Waals surface area contributed by atoms with Crippen LogP contribution in [-0.2, 0) is 6.54 Å². The summed E-state index contributed by atoms with van der Waals surface area (Å²) in [5.74, 6) is 1.52. The number of rotatable bonds is 6. The molecule has 0 aliphatic rings. The van der Waals surface area contributed by atoms with E-state index in [-0.39, 0.29) is 5.82 Å². The Morgan fingerprint density at radius 2 is 1.74 bits per heavy atom. The van der Waals surface area contributed by atoms with Crippen LogP contribution in [0.2, 0.25) is 0 Å². The van der Waals surface area contributed by atoms with Gasteiger partial charge in [-0.15, -0.1) is 10.2 Å². The molecular weight excluding hydrogens is 309 g/mol. The molecule has 0 atom stereocenters. The summed E-state index contributed by atoms with van der Waals surface area (Å²) in [6.07, 6.45) is 1.08. The molecule has 0 aliphatic carbocycles. The first-order valence-corrected chi connectivity index (χ1v) is 8.62. The Bertz CT molecular complexity index is 754. The molecular formula is C18H18FN3S. The third-order valence-corrected chi connectivity index (χ3v) is 4.61. The van der Waals surface area contributed by atoms with Gasteiger partial charge in [0.05, 0.1) is 6.54 Å². The van der Waals surface area contributed by atoms with Gasteiger partial charge in [-0.3, -0.25) is 4.57 Å². The van der Waals surface area contributed by atoms with Crippen LogP contribution in [-0.4, -0.2) is 20.5 Å². The summed E-state index contributed by atoms with van der Waals surface area (Å²) in [7, 11) is 0. The minimum absolute atomic E-state index is 0.247. The second kappa shape index (κ2) is 7.42. The highest BCUT2D eigenvalue weighted by molar-refractivity contribution is 7.99. The summed E-state index contributed by atoms with van der Waals surface area (Å²) in [6.45, 7) is 2.85. The standard InChI is InChI=1S/C18H18FN3S/c1-2-12-23-18-21-20-17(15-8-10-16(19)11-9-15)22(18)13-14-6-4-3-5-7-14/h3-11H,2,12-13H2,1H3. The summed E-state index contributed by atoms with van der Waals surface area (Å²) in [5.41, 5.74) is 2.06. The van der Waals surface area contributed by atoms with Crippen LogP contribution in [0.3, 0.4) is 0 Å². The van der Waals surface area contributed by atoms with E-state index in [2.05, 4.69) is 33.8 Å². The summed E-state index contributed by atoms with van der Waals surface area (Å²) in [4.78, 5) is 0. The van der Waals surface area contributed by atoms with Gasteiger partial charge in [0.2, 0.25) is 0 Å². The molecule has 3 nitrogen and oxygen atoms in total. The Morgan fingerprint density at radius 3 is 2.43 bits per heavy atom. The maximum Gasteiger partial charge on any atom is 0.191 e. The Morgan fingerprint density at radius 1 is 1.00 bits per heavy atom. The van der Waals surface area contributed by atoms with Crippen LogP contribution in [0.25, 0.3) is 11.4 Å². The summed E-state index contributed by atoms with van der Waals surface area (Å²) in [6, 6.07) is 16.6. The Kier molecular flexibility index (Phi) is 5.08. The summed E-state index contributed by atoms with van der Waals surface area (Å²) in [5, 5.41) is 9.56. The SMILES string of the molecule is CCCSc1nnc(-c2ccc(F)cc2)n1Cc1ccccc1. The van der Waals surface area contributed by atoms with E-state index in [9.17, 15) is 4.39 Å². The normalized spacial score (nSPS) is 10.9. The van der Waals surface area contributed by atoms with Crippen LogP contribution in [0.15, 0.2) is 59.8 Å². The fourth-order valence-electron chi connectivity index (χ4n) is 2.31. The lowest BCUT2D eigenvalue weighted by Gasteiger charge is -2.10. The van der Waals surface area contributed by atoms with E-state index < -0.39 is 0 Å². The molecule has 0 N–H and O–H groups in total. The number of aromatic nitrogens is 3. The Hall–Kier alpha value is -2.14. The molecule has 0 bridgehead atoms. The average molecular weight is 327 g/mol. The maximum atomic E-state index is 13.2. The van der Waals surface area contributed by atoms with Crippen LogP contribution in [0, 0.1) is 5.82 Å². The summed E-state index contributed by atoms with van der Waals surface area (Å²) < 4.78 is 15.3. The molecule has 3 rings (SSSR count). The highest BCUT2D eigenvalue weighted by Gasteiger charge is 2.14. The van der Waals surface area contributed by atoms with Crippen LogP contribution >= 0.6 is 11.8 Å². The van der Waals surface area contributed by atoms with Gasteiger partial charge in [0.1, 0.15) is 5.82 Å². The first kappa shape index (κ1) is 15.7. The number of hydrogen-bond acceptors (Lipinski definition) is 3. The van der Waals surface area contributed by atoms with Gasteiger partial charge in [0.15, 0.2) is 11.0 Å². The zero-order valence-corrected chi connectivity index (χ0v) is 13.8. The molecule has 0 spiro atoms. The molecule has 0 saturated carbocycles. The van der Waals surface area contributed by atoms with Gasteiger partial charge in [-0.05, 0) is 36.2 Å². The molecule has 118 valence electrons. The van der Waals surface area contributed by atoms with E-state index >= 15 is 0 Å². The predicted molar refractivity (Wildman–Crippen MR) is 92.0 cm³/mol. The van der Waals surface area contributed by atoms with Crippen molar-refractivity contribution in [1.29, 1.82) is 0 Å². The predicted octanol–water partition coefficient (Wildman–Crippen LogP) is 4.63. The molecule has 0 amide bonds. The molecule has 0 saturated heterocycles. The van der Waals surface area contributed by atoms with Gasteiger partial charge in [0, 0.05) is 11.3 Å².